The van der Waals surface area contributed by atoms with Crippen molar-refractivity contribution < 1.29 is 19.0 Å². The Bertz CT molecular complexity index is 1540. The van der Waals surface area contributed by atoms with Gasteiger partial charge in [-0.15, -0.1) is 0 Å². The van der Waals surface area contributed by atoms with Crippen LogP contribution in [0.4, 0.5) is 5.69 Å². The summed E-state index contributed by atoms with van der Waals surface area (Å²) in [5, 5.41) is 5.67. The SMILES string of the molecule is CCOc1ccc(N=C2NC(=O)/C(=C\c3cc(OC)c(OCc4cccc5ccccc45)cc3Br)S2)cc1. The van der Waals surface area contributed by atoms with Crippen molar-refractivity contribution in [2.75, 3.05) is 13.7 Å². The number of fused-ring (bicyclic) bond motifs is 1. The number of rotatable bonds is 8. The highest BCUT2D eigenvalue weighted by molar-refractivity contribution is 9.10. The number of benzene rings is 4. The minimum atomic E-state index is -0.207. The molecule has 1 heterocycles. The molecule has 1 saturated heterocycles. The van der Waals surface area contributed by atoms with Gasteiger partial charge in [-0.25, -0.2) is 4.99 Å². The lowest BCUT2D eigenvalue weighted by molar-refractivity contribution is -0.115. The van der Waals surface area contributed by atoms with Crippen molar-refractivity contribution in [3.8, 4) is 17.2 Å². The van der Waals surface area contributed by atoms with Crippen molar-refractivity contribution in [2.45, 2.75) is 13.5 Å². The molecular weight excluding hydrogens is 564 g/mol. The fourth-order valence-electron chi connectivity index (χ4n) is 4.03. The van der Waals surface area contributed by atoms with Crippen LogP contribution >= 0.6 is 27.7 Å². The molecule has 0 unspecified atom stereocenters. The number of nitrogens with one attached hydrogen (secondary N) is 1. The highest BCUT2D eigenvalue weighted by Gasteiger charge is 2.24. The number of methoxy groups -OCH3 is 1. The van der Waals surface area contributed by atoms with Crippen LogP contribution in [0.5, 0.6) is 17.2 Å². The summed E-state index contributed by atoms with van der Waals surface area (Å²) in [4.78, 5) is 17.7. The number of amides is 1. The van der Waals surface area contributed by atoms with Gasteiger partial charge in [-0.2, -0.15) is 0 Å². The van der Waals surface area contributed by atoms with Gasteiger partial charge in [-0.1, -0.05) is 58.4 Å². The van der Waals surface area contributed by atoms with Crippen LogP contribution in [0.1, 0.15) is 18.1 Å². The Labute approximate surface area is 233 Å². The lowest BCUT2D eigenvalue weighted by atomic mass is 10.1. The number of hydrogen-bond donors (Lipinski definition) is 1. The molecular formula is C30H25BrN2O4S. The molecule has 8 heteroatoms. The third-order valence-corrected chi connectivity index (χ3v) is 7.46. The first-order valence-electron chi connectivity index (χ1n) is 12.0. The molecule has 0 aliphatic carbocycles. The molecule has 1 aliphatic rings. The van der Waals surface area contributed by atoms with Gasteiger partial charge in [0.2, 0.25) is 0 Å². The number of nitrogens with zero attached hydrogens (tertiary/aromatic N) is 1. The Morgan fingerprint density at radius 2 is 1.76 bits per heavy atom. The number of carbonyl (C=O) groups excluding carboxylic acids is 1. The molecule has 5 rings (SSSR count). The first-order valence-corrected chi connectivity index (χ1v) is 13.6. The Morgan fingerprint density at radius 3 is 2.55 bits per heavy atom. The van der Waals surface area contributed by atoms with Gasteiger partial charge in [0.1, 0.15) is 12.4 Å². The van der Waals surface area contributed by atoms with Gasteiger partial charge in [0.15, 0.2) is 16.7 Å². The summed E-state index contributed by atoms with van der Waals surface area (Å²) in [7, 11) is 1.60. The van der Waals surface area contributed by atoms with Gasteiger partial charge in [0.25, 0.3) is 5.91 Å². The molecule has 6 nitrogen and oxygen atoms in total. The molecule has 0 atom stereocenters. The van der Waals surface area contributed by atoms with Crippen LogP contribution < -0.4 is 19.5 Å². The zero-order valence-corrected chi connectivity index (χ0v) is 23.3. The second kappa shape index (κ2) is 11.8. The predicted octanol–water partition coefficient (Wildman–Crippen LogP) is 7.48. The van der Waals surface area contributed by atoms with E-state index in [0.29, 0.717) is 34.8 Å². The Kier molecular flexibility index (Phi) is 8.00. The van der Waals surface area contributed by atoms with Crippen molar-refractivity contribution in [3.63, 3.8) is 0 Å². The van der Waals surface area contributed by atoms with Crippen LogP contribution in [0.25, 0.3) is 16.8 Å². The maximum absolute atomic E-state index is 12.6. The van der Waals surface area contributed by atoms with Gasteiger partial charge < -0.3 is 19.5 Å². The van der Waals surface area contributed by atoms with E-state index in [4.69, 9.17) is 14.2 Å². The largest absolute Gasteiger partial charge is 0.494 e. The van der Waals surface area contributed by atoms with E-state index in [1.165, 1.54) is 17.1 Å². The second-order valence-corrected chi connectivity index (χ2v) is 10.2. The van der Waals surface area contributed by atoms with Gasteiger partial charge in [0.05, 0.1) is 24.3 Å². The van der Waals surface area contributed by atoms with Gasteiger partial charge in [-0.3, -0.25) is 4.79 Å². The maximum atomic E-state index is 12.6. The number of aliphatic imine (C=N–C) groups is 1. The van der Waals surface area contributed by atoms with Crippen molar-refractivity contribution in [1.29, 1.82) is 0 Å². The normalized spacial score (nSPS) is 15.2. The number of hydrogen-bond acceptors (Lipinski definition) is 6. The van der Waals surface area contributed by atoms with E-state index in [0.717, 1.165) is 32.4 Å². The summed E-state index contributed by atoms with van der Waals surface area (Å²) in [5.41, 5.74) is 2.61. The van der Waals surface area contributed by atoms with Crippen LogP contribution in [0.15, 0.2) is 93.2 Å². The molecule has 1 aliphatic heterocycles. The molecule has 1 amide bonds. The first-order chi connectivity index (χ1) is 18.5. The zero-order chi connectivity index (χ0) is 26.5. The van der Waals surface area contributed by atoms with E-state index in [1.54, 1.807) is 7.11 Å². The van der Waals surface area contributed by atoms with E-state index in [9.17, 15) is 4.79 Å². The molecule has 1 N–H and O–H groups in total. The molecule has 192 valence electrons. The average molecular weight is 590 g/mol. The fraction of sp³-hybridized carbons (Fsp3) is 0.133. The molecule has 0 saturated carbocycles. The standard InChI is InChI=1S/C30H25BrN2O4S/c1-3-36-23-13-11-22(12-14-23)32-30-33-29(34)28(38-30)16-21-15-26(35-2)27(17-25(21)31)37-18-20-9-6-8-19-7-4-5-10-24(19)20/h4-17H,3,18H2,1-2H3,(H,32,33,34)/b28-16+. The van der Waals surface area contributed by atoms with E-state index in [2.05, 4.69) is 50.5 Å². The Hall–Kier alpha value is -3.75. The molecule has 0 spiro atoms. The van der Waals surface area contributed by atoms with Crippen LogP contribution in [-0.4, -0.2) is 24.8 Å². The summed E-state index contributed by atoms with van der Waals surface area (Å²) in [6.07, 6.45) is 1.81. The summed E-state index contributed by atoms with van der Waals surface area (Å²) in [6, 6.07) is 25.5. The van der Waals surface area contributed by atoms with Crippen LogP contribution in [0.2, 0.25) is 0 Å². The lowest BCUT2D eigenvalue weighted by Gasteiger charge is -2.14. The quantitative estimate of drug-likeness (QED) is 0.216. The summed E-state index contributed by atoms with van der Waals surface area (Å²) >= 11 is 4.91. The van der Waals surface area contributed by atoms with Crippen molar-refractivity contribution in [3.05, 3.63) is 99.4 Å². The number of carbonyl (C=O) groups is 1. The van der Waals surface area contributed by atoms with Crippen LogP contribution in [0.3, 0.4) is 0 Å². The smallest absolute Gasteiger partial charge is 0.264 e. The fourth-order valence-corrected chi connectivity index (χ4v) is 5.30. The number of halogens is 1. The summed E-state index contributed by atoms with van der Waals surface area (Å²) in [6.45, 7) is 2.94. The third-order valence-electron chi connectivity index (χ3n) is 5.86. The predicted molar refractivity (Wildman–Crippen MR) is 157 cm³/mol. The van der Waals surface area contributed by atoms with E-state index in [-0.39, 0.29) is 5.91 Å². The molecule has 4 aromatic carbocycles. The number of thioether (sulfide) groups is 1. The molecule has 4 aromatic rings. The van der Waals surface area contributed by atoms with E-state index >= 15 is 0 Å². The number of ether oxygens (including phenoxy) is 3. The minimum absolute atomic E-state index is 0.207. The molecule has 0 aromatic heterocycles. The average Bonchev–Trinajstić information content (AvgIpc) is 3.27. The molecule has 0 bridgehead atoms. The highest BCUT2D eigenvalue weighted by Crippen LogP contribution is 2.37. The zero-order valence-electron chi connectivity index (χ0n) is 20.9. The maximum Gasteiger partial charge on any atom is 0.264 e. The van der Waals surface area contributed by atoms with Crippen molar-refractivity contribution in [1.82, 2.24) is 5.32 Å². The topological polar surface area (TPSA) is 69.2 Å². The second-order valence-electron chi connectivity index (χ2n) is 8.36. The van der Waals surface area contributed by atoms with Gasteiger partial charge in [-0.05, 0) is 83.1 Å². The van der Waals surface area contributed by atoms with Gasteiger partial charge >= 0.3 is 0 Å². The summed E-state index contributed by atoms with van der Waals surface area (Å²) in [5.74, 6) is 1.76. The van der Waals surface area contributed by atoms with E-state index in [1.807, 2.05) is 67.6 Å². The monoisotopic (exact) mass is 588 g/mol. The Balaban J connectivity index is 1.33. The molecule has 1 fully saturated rings. The van der Waals surface area contributed by atoms with Gasteiger partial charge in [0, 0.05) is 4.47 Å². The lowest BCUT2D eigenvalue weighted by Crippen LogP contribution is -2.19. The molecule has 38 heavy (non-hydrogen) atoms. The minimum Gasteiger partial charge on any atom is -0.494 e. The van der Waals surface area contributed by atoms with Crippen molar-refractivity contribution >= 4 is 61.3 Å². The summed E-state index contributed by atoms with van der Waals surface area (Å²) < 4.78 is 18.0. The highest BCUT2D eigenvalue weighted by atomic mass is 79.9. The van der Waals surface area contributed by atoms with E-state index < -0.39 is 0 Å². The van der Waals surface area contributed by atoms with Crippen LogP contribution in [-0.2, 0) is 11.4 Å². The van der Waals surface area contributed by atoms with Crippen LogP contribution in [0, 0.1) is 0 Å². The first kappa shape index (κ1) is 25.9. The molecule has 0 radical (unpaired) electrons. The Morgan fingerprint density at radius 1 is 0.974 bits per heavy atom. The third kappa shape index (κ3) is 5.87. The number of amidine groups is 1. The van der Waals surface area contributed by atoms with Crippen molar-refractivity contribution in [2.24, 2.45) is 4.99 Å².